The predicted octanol–water partition coefficient (Wildman–Crippen LogP) is 1.80. The normalized spacial score (nSPS) is 18.2. The molecule has 0 N–H and O–H groups in total. The maximum Gasteiger partial charge on any atom is 0.409 e. The number of carbonyl (C=O) groups is 3. The quantitative estimate of drug-likeness (QED) is 0.661. The van der Waals surface area contributed by atoms with E-state index in [0.29, 0.717) is 32.8 Å². The lowest BCUT2D eigenvalue weighted by atomic mass is 10.0. The minimum Gasteiger partial charge on any atom is -0.466 e. The van der Waals surface area contributed by atoms with Gasteiger partial charge in [-0.3, -0.25) is 9.59 Å². The van der Waals surface area contributed by atoms with Crippen molar-refractivity contribution in [3.05, 3.63) is 0 Å². The number of carbonyl (C=O) groups excluding carboxylic acids is 3. The molecule has 0 spiro atoms. The van der Waals surface area contributed by atoms with Gasteiger partial charge in [-0.1, -0.05) is 0 Å². The zero-order valence-corrected chi connectivity index (χ0v) is 14.7. The van der Waals surface area contributed by atoms with E-state index < -0.39 is 0 Å². The molecule has 0 atom stereocenters. The third-order valence-electron chi connectivity index (χ3n) is 4.50. The third kappa shape index (κ3) is 5.11. The number of esters is 1. The first kappa shape index (κ1) is 18.5. The molecule has 0 aromatic rings. The number of piperidine rings is 1. The Morgan fingerprint density at radius 1 is 1.00 bits per heavy atom. The highest BCUT2D eigenvalue weighted by atomic mass is 16.6. The van der Waals surface area contributed by atoms with Crippen molar-refractivity contribution in [3.63, 3.8) is 0 Å². The molecule has 1 saturated carbocycles. The van der Waals surface area contributed by atoms with E-state index in [0.717, 1.165) is 25.7 Å². The van der Waals surface area contributed by atoms with Crippen LogP contribution in [0.2, 0.25) is 0 Å². The van der Waals surface area contributed by atoms with Crippen LogP contribution in [0.25, 0.3) is 0 Å². The minimum atomic E-state index is -0.289. The van der Waals surface area contributed by atoms with Gasteiger partial charge in [0.1, 0.15) is 0 Å². The van der Waals surface area contributed by atoms with Crippen LogP contribution in [0.15, 0.2) is 0 Å². The van der Waals surface area contributed by atoms with Gasteiger partial charge >= 0.3 is 12.1 Å². The topological polar surface area (TPSA) is 76.2 Å². The summed E-state index contributed by atoms with van der Waals surface area (Å²) in [6.07, 6.45) is 3.26. The molecule has 24 heavy (non-hydrogen) atoms. The smallest absolute Gasteiger partial charge is 0.409 e. The average molecular weight is 340 g/mol. The monoisotopic (exact) mass is 340 g/mol. The summed E-state index contributed by atoms with van der Waals surface area (Å²) in [5, 5.41) is 0. The van der Waals surface area contributed by atoms with Gasteiger partial charge in [-0.25, -0.2) is 4.79 Å². The Kier molecular flexibility index (Phi) is 6.87. The van der Waals surface area contributed by atoms with Gasteiger partial charge in [-0.15, -0.1) is 0 Å². The fourth-order valence-electron chi connectivity index (χ4n) is 3.06. The van der Waals surface area contributed by atoms with Crippen LogP contribution >= 0.6 is 0 Å². The lowest BCUT2D eigenvalue weighted by molar-refractivity contribution is -0.145. The molecule has 7 nitrogen and oxygen atoms in total. The van der Waals surface area contributed by atoms with Crippen LogP contribution in [-0.4, -0.2) is 66.7 Å². The Hall–Kier alpha value is -1.79. The fourth-order valence-corrected chi connectivity index (χ4v) is 3.06. The van der Waals surface area contributed by atoms with Crippen molar-refractivity contribution in [1.82, 2.24) is 9.80 Å². The molecule has 2 fully saturated rings. The molecule has 1 heterocycles. The molecule has 0 unspecified atom stereocenters. The summed E-state index contributed by atoms with van der Waals surface area (Å²) < 4.78 is 9.99. The van der Waals surface area contributed by atoms with Crippen LogP contribution in [0, 0.1) is 5.92 Å². The lowest BCUT2D eigenvalue weighted by Gasteiger charge is -2.38. The van der Waals surface area contributed by atoms with Crippen LogP contribution in [0.3, 0.4) is 0 Å². The van der Waals surface area contributed by atoms with Crippen LogP contribution in [-0.2, 0) is 19.1 Å². The average Bonchev–Trinajstić information content (AvgIpc) is 3.41. The Morgan fingerprint density at radius 3 is 2.17 bits per heavy atom. The second-order valence-corrected chi connectivity index (χ2v) is 6.28. The number of hydrogen-bond donors (Lipinski definition) is 0. The highest BCUT2D eigenvalue weighted by molar-refractivity contribution is 5.82. The number of hydrogen-bond acceptors (Lipinski definition) is 5. The molecule has 0 radical (unpaired) electrons. The summed E-state index contributed by atoms with van der Waals surface area (Å²) in [6, 6.07) is 0.0817. The minimum absolute atomic E-state index is 0.0817. The van der Waals surface area contributed by atoms with Crippen LogP contribution in [0.5, 0.6) is 0 Å². The van der Waals surface area contributed by atoms with E-state index in [1.165, 1.54) is 0 Å². The first-order chi connectivity index (χ1) is 11.6. The van der Waals surface area contributed by atoms with Crippen LogP contribution < -0.4 is 0 Å². The second kappa shape index (κ2) is 8.89. The molecule has 2 aliphatic rings. The van der Waals surface area contributed by atoms with Crippen LogP contribution in [0.4, 0.5) is 4.79 Å². The third-order valence-corrected chi connectivity index (χ3v) is 4.50. The Bertz CT molecular complexity index is 456. The second-order valence-electron chi connectivity index (χ2n) is 6.28. The van der Waals surface area contributed by atoms with Crippen molar-refractivity contribution in [2.45, 2.75) is 52.0 Å². The van der Waals surface area contributed by atoms with Crippen molar-refractivity contribution in [2.24, 2.45) is 5.92 Å². The van der Waals surface area contributed by atoms with E-state index in [2.05, 4.69) is 0 Å². The first-order valence-electron chi connectivity index (χ1n) is 8.94. The van der Waals surface area contributed by atoms with Gasteiger partial charge in [0, 0.05) is 31.6 Å². The summed E-state index contributed by atoms with van der Waals surface area (Å²) in [5.41, 5.74) is 0. The van der Waals surface area contributed by atoms with Gasteiger partial charge in [0.15, 0.2) is 0 Å². The summed E-state index contributed by atoms with van der Waals surface area (Å²) in [4.78, 5) is 39.5. The van der Waals surface area contributed by atoms with E-state index in [1.54, 1.807) is 18.7 Å². The summed E-state index contributed by atoms with van der Waals surface area (Å²) in [6.45, 7) is 5.84. The fraction of sp³-hybridized carbons (Fsp3) is 0.824. The van der Waals surface area contributed by atoms with E-state index in [-0.39, 0.29) is 36.4 Å². The van der Waals surface area contributed by atoms with Gasteiger partial charge < -0.3 is 19.3 Å². The molecule has 2 rings (SSSR count). The molecule has 7 heteroatoms. The molecule has 136 valence electrons. The van der Waals surface area contributed by atoms with E-state index in [1.807, 2.05) is 4.90 Å². The molecule has 1 saturated heterocycles. The summed E-state index contributed by atoms with van der Waals surface area (Å²) in [5.74, 6) is -0.000721. The predicted molar refractivity (Wildman–Crippen MR) is 87.3 cm³/mol. The molecule has 1 aliphatic heterocycles. The summed E-state index contributed by atoms with van der Waals surface area (Å²) >= 11 is 0. The molecule has 0 aromatic carbocycles. The highest BCUT2D eigenvalue weighted by Gasteiger charge is 2.37. The van der Waals surface area contributed by atoms with Crippen LogP contribution in [0.1, 0.15) is 46.0 Å². The molecule has 1 aliphatic carbocycles. The number of nitrogens with zero attached hydrogens (tertiary/aromatic N) is 2. The first-order valence-corrected chi connectivity index (χ1v) is 8.94. The van der Waals surface area contributed by atoms with Crippen molar-refractivity contribution in [3.8, 4) is 0 Å². The Morgan fingerprint density at radius 2 is 1.62 bits per heavy atom. The Balaban J connectivity index is 1.89. The maximum atomic E-state index is 12.6. The molecular weight excluding hydrogens is 312 g/mol. The zero-order chi connectivity index (χ0) is 17.5. The van der Waals surface area contributed by atoms with Crippen molar-refractivity contribution >= 4 is 18.0 Å². The van der Waals surface area contributed by atoms with E-state index >= 15 is 0 Å². The van der Waals surface area contributed by atoms with Crippen molar-refractivity contribution in [1.29, 1.82) is 0 Å². The molecule has 2 amide bonds. The zero-order valence-electron chi connectivity index (χ0n) is 14.7. The number of ether oxygens (including phenoxy) is 2. The van der Waals surface area contributed by atoms with Crippen molar-refractivity contribution < 1.29 is 23.9 Å². The van der Waals surface area contributed by atoms with E-state index in [4.69, 9.17) is 9.47 Å². The van der Waals surface area contributed by atoms with Crippen molar-refractivity contribution in [2.75, 3.05) is 32.8 Å². The molecule has 0 aromatic heterocycles. The highest BCUT2D eigenvalue weighted by Crippen LogP contribution is 2.33. The lowest BCUT2D eigenvalue weighted by Crippen LogP contribution is -2.50. The maximum absolute atomic E-state index is 12.6. The number of likely N-dealkylation sites (tertiary alicyclic amines) is 1. The SMILES string of the molecule is CCOC(=O)CCN(C(=O)C1CC1)C1CCN(C(=O)OCC)CC1. The standard InChI is InChI=1S/C17H28N2O5/c1-3-23-15(20)9-12-19(16(21)13-5-6-13)14-7-10-18(11-8-14)17(22)24-4-2/h13-14H,3-12H2,1-2H3. The van der Waals surface area contributed by atoms with Gasteiger partial charge in [0.05, 0.1) is 19.6 Å². The number of rotatable bonds is 7. The summed E-state index contributed by atoms with van der Waals surface area (Å²) in [7, 11) is 0. The number of amides is 2. The molecule has 0 bridgehead atoms. The Labute approximate surface area is 143 Å². The largest absolute Gasteiger partial charge is 0.466 e. The van der Waals surface area contributed by atoms with Gasteiger partial charge in [-0.2, -0.15) is 0 Å². The van der Waals surface area contributed by atoms with E-state index in [9.17, 15) is 14.4 Å². The molecular formula is C17H28N2O5. The van der Waals surface area contributed by atoms with Gasteiger partial charge in [0.2, 0.25) is 5.91 Å². The van der Waals surface area contributed by atoms with Gasteiger partial charge in [0.25, 0.3) is 0 Å². The van der Waals surface area contributed by atoms with Gasteiger partial charge in [-0.05, 0) is 39.5 Å².